The Kier molecular flexibility index (Phi) is 3.30. The Morgan fingerprint density at radius 1 is 1.12 bits per heavy atom. The van der Waals surface area contributed by atoms with Crippen LogP contribution in [0.3, 0.4) is 0 Å². The van der Waals surface area contributed by atoms with Gasteiger partial charge in [0.05, 0.1) is 18.2 Å². The van der Waals surface area contributed by atoms with Gasteiger partial charge in [0.1, 0.15) is 17.2 Å². The third-order valence-corrected chi connectivity index (χ3v) is 3.99. The number of aromatic nitrogens is 2. The Bertz CT molecular complexity index is 1150. The molecule has 0 fully saturated rings. The second-order valence-corrected chi connectivity index (χ2v) is 5.46. The van der Waals surface area contributed by atoms with E-state index in [2.05, 4.69) is 4.98 Å². The Hall–Kier alpha value is -3.15. The third-order valence-electron chi connectivity index (χ3n) is 3.99. The van der Waals surface area contributed by atoms with Gasteiger partial charge in [-0.2, -0.15) is 4.98 Å². The summed E-state index contributed by atoms with van der Waals surface area (Å²) in [5.41, 5.74) is -0.267. The highest BCUT2D eigenvalue weighted by Crippen LogP contribution is 2.16. The molecule has 0 radical (unpaired) electrons. The normalized spacial score (nSPS) is 11.4. The zero-order valence-electron chi connectivity index (χ0n) is 13.0. The van der Waals surface area contributed by atoms with E-state index in [1.165, 1.54) is 4.57 Å². The van der Waals surface area contributed by atoms with Crippen LogP contribution in [0.2, 0.25) is 0 Å². The smallest absolute Gasteiger partial charge is 0.269 e. The van der Waals surface area contributed by atoms with Crippen molar-refractivity contribution in [2.45, 2.75) is 19.9 Å². The summed E-state index contributed by atoms with van der Waals surface area (Å²) in [6, 6.07) is 10.4. The molecule has 24 heavy (non-hydrogen) atoms. The maximum Gasteiger partial charge on any atom is 0.269 e. The number of rotatable bonds is 3. The first-order chi connectivity index (χ1) is 11.7. The number of aryl methyl sites for hydroxylation is 1. The number of hydrogen-bond acceptors (Lipinski definition) is 5. The van der Waals surface area contributed by atoms with Crippen molar-refractivity contribution in [1.29, 1.82) is 0 Å². The van der Waals surface area contributed by atoms with Gasteiger partial charge >= 0.3 is 0 Å². The molecule has 1 aromatic carbocycles. The fraction of sp³-hybridized carbons (Fsp3) is 0.167. The minimum absolute atomic E-state index is 0.0301. The first-order valence-electron chi connectivity index (χ1n) is 7.66. The van der Waals surface area contributed by atoms with Gasteiger partial charge in [-0.1, -0.05) is 19.1 Å². The molecule has 0 N–H and O–H groups in total. The molecule has 4 aromatic rings. The van der Waals surface area contributed by atoms with Gasteiger partial charge in [-0.15, -0.1) is 0 Å². The molecule has 0 aliphatic heterocycles. The molecule has 0 aliphatic rings. The second-order valence-electron chi connectivity index (χ2n) is 5.46. The van der Waals surface area contributed by atoms with Gasteiger partial charge in [0.2, 0.25) is 11.1 Å². The van der Waals surface area contributed by atoms with Crippen molar-refractivity contribution < 1.29 is 8.83 Å². The van der Waals surface area contributed by atoms with E-state index in [1.54, 1.807) is 42.7 Å². The standard InChI is InChI=1S/C18H14N2O4/c1-2-14-19-17-15(16(21)12-7-3-4-8-13(12)24-17)18(22)20(14)10-11-6-5-9-23-11/h3-9H,2,10H2,1H3. The van der Waals surface area contributed by atoms with Crippen molar-refractivity contribution in [3.63, 3.8) is 0 Å². The van der Waals surface area contributed by atoms with Crippen molar-refractivity contribution in [2.24, 2.45) is 0 Å². The zero-order chi connectivity index (χ0) is 16.7. The number of nitrogens with zero attached hydrogens (tertiary/aromatic N) is 2. The SMILES string of the molecule is CCc1nc2oc3ccccc3c(=O)c2c(=O)n1Cc1ccco1. The molecule has 0 atom stereocenters. The molecule has 0 aliphatic carbocycles. The molecule has 4 rings (SSSR count). The number of benzene rings is 1. The molecule has 0 amide bonds. The average Bonchev–Trinajstić information content (AvgIpc) is 3.10. The van der Waals surface area contributed by atoms with Gasteiger partial charge in [0, 0.05) is 6.42 Å². The Balaban J connectivity index is 2.08. The van der Waals surface area contributed by atoms with Gasteiger partial charge in [-0.25, -0.2) is 0 Å². The predicted octanol–water partition coefficient (Wildman–Crippen LogP) is 2.71. The van der Waals surface area contributed by atoms with E-state index >= 15 is 0 Å². The molecule has 0 saturated carbocycles. The number of furan rings is 1. The van der Waals surface area contributed by atoms with E-state index in [9.17, 15) is 9.59 Å². The molecule has 120 valence electrons. The number of hydrogen-bond donors (Lipinski definition) is 0. The topological polar surface area (TPSA) is 78.2 Å². The summed E-state index contributed by atoms with van der Waals surface area (Å²) in [4.78, 5) is 30.0. The Morgan fingerprint density at radius 3 is 2.71 bits per heavy atom. The summed E-state index contributed by atoms with van der Waals surface area (Å²) in [5, 5.41) is 0.343. The molecular weight excluding hydrogens is 308 g/mol. The molecule has 0 spiro atoms. The van der Waals surface area contributed by atoms with Crippen LogP contribution in [0, 0.1) is 0 Å². The van der Waals surface area contributed by atoms with Gasteiger partial charge in [-0.3, -0.25) is 14.2 Å². The highest BCUT2D eigenvalue weighted by molar-refractivity contribution is 5.87. The molecule has 0 saturated heterocycles. The van der Waals surface area contributed by atoms with Crippen LogP contribution in [0.5, 0.6) is 0 Å². The maximum atomic E-state index is 12.9. The predicted molar refractivity (Wildman–Crippen MR) is 89.2 cm³/mol. The van der Waals surface area contributed by atoms with Crippen molar-refractivity contribution in [2.75, 3.05) is 0 Å². The van der Waals surface area contributed by atoms with Crippen LogP contribution in [-0.4, -0.2) is 9.55 Å². The van der Waals surface area contributed by atoms with Crippen LogP contribution in [0.15, 0.2) is 61.1 Å². The molecular formula is C18H14N2O4. The minimum Gasteiger partial charge on any atom is -0.467 e. The van der Waals surface area contributed by atoms with Crippen LogP contribution >= 0.6 is 0 Å². The van der Waals surface area contributed by atoms with Crippen LogP contribution in [-0.2, 0) is 13.0 Å². The summed E-state index contributed by atoms with van der Waals surface area (Å²) >= 11 is 0. The number of fused-ring (bicyclic) bond motifs is 2. The summed E-state index contributed by atoms with van der Waals surface area (Å²) in [7, 11) is 0. The van der Waals surface area contributed by atoms with Crippen molar-refractivity contribution >= 4 is 22.1 Å². The van der Waals surface area contributed by atoms with Gasteiger partial charge in [0.25, 0.3) is 5.56 Å². The van der Waals surface area contributed by atoms with Crippen molar-refractivity contribution in [3.8, 4) is 0 Å². The van der Waals surface area contributed by atoms with Crippen LogP contribution in [0.1, 0.15) is 18.5 Å². The van der Waals surface area contributed by atoms with E-state index in [0.29, 0.717) is 29.0 Å². The lowest BCUT2D eigenvalue weighted by Gasteiger charge is -2.10. The fourth-order valence-electron chi connectivity index (χ4n) is 2.82. The fourth-order valence-corrected chi connectivity index (χ4v) is 2.82. The van der Waals surface area contributed by atoms with Crippen LogP contribution < -0.4 is 11.0 Å². The lowest BCUT2D eigenvalue weighted by atomic mass is 10.2. The van der Waals surface area contributed by atoms with E-state index in [0.717, 1.165) is 0 Å². The summed E-state index contributed by atoms with van der Waals surface area (Å²) in [6.07, 6.45) is 2.07. The molecule has 6 nitrogen and oxygen atoms in total. The quantitative estimate of drug-likeness (QED) is 0.542. The summed E-state index contributed by atoms with van der Waals surface area (Å²) in [5.74, 6) is 1.17. The van der Waals surface area contributed by atoms with Gasteiger partial charge in [0.15, 0.2) is 5.39 Å². The van der Waals surface area contributed by atoms with Gasteiger partial charge in [-0.05, 0) is 24.3 Å². The van der Waals surface area contributed by atoms with E-state index in [1.807, 2.05) is 6.92 Å². The van der Waals surface area contributed by atoms with E-state index in [-0.39, 0.29) is 23.1 Å². The molecule has 3 heterocycles. The maximum absolute atomic E-state index is 12.9. The van der Waals surface area contributed by atoms with Crippen LogP contribution in [0.4, 0.5) is 0 Å². The summed E-state index contributed by atoms with van der Waals surface area (Å²) < 4.78 is 12.5. The van der Waals surface area contributed by atoms with Crippen molar-refractivity contribution in [3.05, 3.63) is 74.8 Å². The zero-order valence-corrected chi connectivity index (χ0v) is 13.0. The van der Waals surface area contributed by atoms with E-state index < -0.39 is 5.56 Å². The van der Waals surface area contributed by atoms with Crippen molar-refractivity contribution in [1.82, 2.24) is 9.55 Å². The largest absolute Gasteiger partial charge is 0.467 e. The lowest BCUT2D eigenvalue weighted by Crippen LogP contribution is -2.29. The first kappa shape index (κ1) is 14.4. The third kappa shape index (κ3) is 2.15. The monoisotopic (exact) mass is 322 g/mol. The highest BCUT2D eigenvalue weighted by atomic mass is 16.3. The van der Waals surface area contributed by atoms with Gasteiger partial charge < -0.3 is 8.83 Å². The number of para-hydroxylation sites is 1. The molecule has 0 bridgehead atoms. The molecule has 3 aromatic heterocycles. The highest BCUT2D eigenvalue weighted by Gasteiger charge is 2.17. The lowest BCUT2D eigenvalue weighted by molar-refractivity contribution is 0.482. The minimum atomic E-state index is -0.409. The Morgan fingerprint density at radius 2 is 1.96 bits per heavy atom. The average molecular weight is 322 g/mol. The molecule has 6 heteroatoms. The summed E-state index contributed by atoms with van der Waals surface area (Å²) in [6.45, 7) is 2.12. The second kappa shape index (κ2) is 5.49. The Labute approximate surface area is 136 Å². The molecule has 0 unspecified atom stereocenters. The first-order valence-corrected chi connectivity index (χ1v) is 7.66. The van der Waals surface area contributed by atoms with E-state index in [4.69, 9.17) is 8.83 Å². The van der Waals surface area contributed by atoms with Crippen LogP contribution in [0.25, 0.3) is 22.1 Å².